The Labute approximate surface area is 177 Å². The largest absolute Gasteiger partial charge is 0.487 e. The number of morpholine rings is 1. The molecule has 1 amide bonds. The van der Waals surface area contributed by atoms with E-state index in [-0.39, 0.29) is 36.4 Å². The predicted octanol–water partition coefficient (Wildman–Crippen LogP) is 1.92. The molecule has 1 saturated heterocycles. The Kier molecular flexibility index (Phi) is 6.51. The van der Waals surface area contributed by atoms with Crippen molar-refractivity contribution in [1.82, 2.24) is 20.6 Å². The van der Waals surface area contributed by atoms with Gasteiger partial charge in [0.2, 0.25) is 0 Å². The third-order valence-corrected chi connectivity index (χ3v) is 4.75. The van der Waals surface area contributed by atoms with Gasteiger partial charge in [-0.05, 0) is 36.4 Å². The molecular weight excluding hydrogens is 407 g/mol. The highest BCUT2D eigenvalue weighted by molar-refractivity contribution is 5.91. The van der Waals surface area contributed by atoms with Crippen molar-refractivity contribution < 1.29 is 28.3 Å². The Balaban J connectivity index is 1.42. The number of hydrogen-bond donors (Lipinski definition) is 2. The van der Waals surface area contributed by atoms with Crippen LogP contribution in [0.1, 0.15) is 21.8 Å². The summed E-state index contributed by atoms with van der Waals surface area (Å²) in [4.78, 5) is 16.5. The van der Waals surface area contributed by atoms with Crippen molar-refractivity contribution in [3.63, 3.8) is 0 Å². The summed E-state index contributed by atoms with van der Waals surface area (Å²) in [6, 6.07) is 8.97. The Hall–Kier alpha value is -3.34. The molecule has 4 rings (SSSR count). The average molecular weight is 428 g/mol. The molecule has 3 aromatic rings. The number of carbonyl (C=O) groups excluding carboxylic acids is 1. The number of hydrazine groups is 1. The Morgan fingerprint density at radius 1 is 1.19 bits per heavy atom. The van der Waals surface area contributed by atoms with Crippen LogP contribution in [-0.4, -0.2) is 52.5 Å². The summed E-state index contributed by atoms with van der Waals surface area (Å²) in [6.07, 6.45) is 1.44. The molecule has 3 heterocycles. The van der Waals surface area contributed by atoms with E-state index in [0.717, 1.165) is 0 Å². The maximum Gasteiger partial charge on any atom is 0.284 e. The number of rotatable bonds is 7. The number of benzene rings is 1. The lowest BCUT2D eigenvalue weighted by molar-refractivity contribution is 0.0124. The monoisotopic (exact) mass is 428 g/mol. The highest BCUT2D eigenvalue weighted by Crippen LogP contribution is 2.27. The van der Waals surface area contributed by atoms with Gasteiger partial charge in [0.1, 0.15) is 36.2 Å². The fourth-order valence-corrected chi connectivity index (χ4v) is 3.08. The molecule has 9 nitrogen and oxygen atoms in total. The van der Waals surface area contributed by atoms with Crippen LogP contribution in [0, 0.1) is 5.82 Å². The van der Waals surface area contributed by atoms with Gasteiger partial charge >= 0.3 is 0 Å². The van der Waals surface area contributed by atoms with E-state index in [2.05, 4.69) is 15.6 Å². The first-order valence-electron chi connectivity index (χ1n) is 9.71. The zero-order chi connectivity index (χ0) is 21.6. The summed E-state index contributed by atoms with van der Waals surface area (Å²) in [5, 5.41) is 15.3. The summed E-state index contributed by atoms with van der Waals surface area (Å²) < 4.78 is 29.4. The lowest BCUT2D eigenvalue weighted by Gasteiger charge is -2.26. The third kappa shape index (κ3) is 5.05. The van der Waals surface area contributed by atoms with Gasteiger partial charge in [-0.2, -0.15) is 0 Å². The number of ether oxygens (including phenoxy) is 2. The SMILES string of the molecule is O=C(NN1CCOCC1)c1ccc(OCc2c(-c3ccc(F)cc3)noc2CO)cn1. The number of aromatic nitrogens is 2. The van der Waals surface area contributed by atoms with Gasteiger partial charge in [-0.25, -0.2) is 14.4 Å². The van der Waals surface area contributed by atoms with Gasteiger partial charge in [0.15, 0.2) is 5.76 Å². The molecule has 0 atom stereocenters. The van der Waals surface area contributed by atoms with E-state index in [1.54, 1.807) is 29.3 Å². The molecule has 0 aliphatic carbocycles. The van der Waals surface area contributed by atoms with Crippen LogP contribution in [-0.2, 0) is 18.0 Å². The zero-order valence-corrected chi connectivity index (χ0v) is 16.6. The van der Waals surface area contributed by atoms with E-state index in [0.29, 0.717) is 48.9 Å². The number of aliphatic hydroxyl groups excluding tert-OH is 1. The molecule has 1 aromatic carbocycles. The molecule has 31 heavy (non-hydrogen) atoms. The fraction of sp³-hybridized carbons (Fsp3) is 0.286. The summed E-state index contributed by atoms with van der Waals surface area (Å²) in [7, 11) is 0. The van der Waals surface area contributed by atoms with Crippen LogP contribution in [0.4, 0.5) is 4.39 Å². The molecule has 0 unspecified atom stereocenters. The number of halogens is 1. The molecule has 162 valence electrons. The van der Waals surface area contributed by atoms with Crippen LogP contribution >= 0.6 is 0 Å². The lowest BCUT2D eigenvalue weighted by atomic mass is 10.1. The lowest BCUT2D eigenvalue weighted by Crippen LogP contribution is -2.48. The highest BCUT2D eigenvalue weighted by Gasteiger charge is 2.19. The molecule has 1 fully saturated rings. The van der Waals surface area contributed by atoms with Crippen molar-refractivity contribution >= 4 is 5.91 Å². The maximum absolute atomic E-state index is 13.2. The van der Waals surface area contributed by atoms with Crippen molar-refractivity contribution in [2.24, 2.45) is 0 Å². The van der Waals surface area contributed by atoms with Gasteiger partial charge in [0.25, 0.3) is 5.91 Å². The van der Waals surface area contributed by atoms with Gasteiger partial charge in [-0.3, -0.25) is 10.2 Å². The molecule has 2 N–H and O–H groups in total. The third-order valence-electron chi connectivity index (χ3n) is 4.75. The molecule has 0 radical (unpaired) electrons. The number of amides is 1. The van der Waals surface area contributed by atoms with Crippen LogP contribution in [0.25, 0.3) is 11.3 Å². The van der Waals surface area contributed by atoms with Crippen LogP contribution in [0.15, 0.2) is 47.1 Å². The second kappa shape index (κ2) is 9.65. The van der Waals surface area contributed by atoms with Crippen molar-refractivity contribution in [2.45, 2.75) is 13.2 Å². The normalized spacial score (nSPS) is 14.4. The number of hydrogen-bond acceptors (Lipinski definition) is 8. The van der Waals surface area contributed by atoms with Crippen LogP contribution in [0.2, 0.25) is 0 Å². The summed E-state index contributed by atoms with van der Waals surface area (Å²) in [6.45, 7) is 2.07. The fourth-order valence-electron chi connectivity index (χ4n) is 3.08. The Morgan fingerprint density at radius 3 is 2.65 bits per heavy atom. The smallest absolute Gasteiger partial charge is 0.284 e. The van der Waals surface area contributed by atoms with Crippen molar-refractivity contribution in [3.8, 4) is 17.0 Å². The van der Waals surface area contributed by atoms with Crippen LogP contribution in [0.5, 0.6) is 5.75 Å². The number of nitrogens with one attached hydrogen (secondary N) is 1. The molecule has 1 aliphatic rings. The van der Waals surface area contributed by atoms with Crippen LogP contribution < -0.4 is 10.2 Å². The molecule has 10 heteroatoms. The first-order valence-corrected chi connectivity index (χ1v) is 9.71. The second-order valence-electron chi connectivity index (χ2n) is 6.81. The second-order valence-corrected chi connectivity index (χ2v) is 6.81. The standard InChI is InChI=1S/C21H21FN4O5/c22-15-3-1-14(2-4-15)20-17(19(12-27)31-25-20)13-30-16-5-6-18(23-11-16)21(28)24-26-7-9-29-10-8-26/h1-6,11,27H,7-10,12-13H2,(H,24,28). The van der Waals surface area contributed by atoms with Gasteiger partial charge in [-0.1, -0.05) is 5.16 Å². The van der Waals surface area contributed by atoms with E-state index in [4.69, 9.17) is 14.0 Å². The van der Waals surface area contributed by atoms with E-state index in [1.807, 2.05) is 0 Å². The maximum atomic E-state index is 13.2. The molecule has 0 bridgehead atoms. The van der Waals surface area contributed by atoms with Crippen molar-refractivity contribution in [2.75, 3.05) is 26.3 Å². The quantitative estimate of drug-likeness (QED) is 0.588. The van der Waals surface area contributed by atoms with Gasteiger partial charge in [0.05, 0.1) is 25.0 Å². The number of pyridine rings is 1. The summed E-state index contributed by atoms with van der Waals surface area (Å²) >= 11 is 0. The number of nitrogens with zero attached hydrogens (tertiary/aromatic N) is 3. The molecule has 0 spiro atoms. The first kappa shape index (κ1) is 20.9. The van der Waals surface area contributed by atoms with Gasteiger partial charge < -0.3 is 19.1 Å². The van der Waals surface area contributed by atoms with Crippen molar-refractivity contribution in [3.05, 3.63) is 65.4 Å². The summed E-state index contributed by atoms with van der Waals surface area (Å²) in [5.41, 5.74) is 4.68. The molecule has 0 saturated carbocycles. The minimum absolute atomic E-state index is 0.0487. The molecular formula is C21H21FN4O5. The summed E-state index contributed by atoms with van der Waals surface area (Å²) in [5.74, 6) is 0.0109. The average Bonchev–Trinajstić information content (AvgIpc) is 3.22. The Morgan fingerprint density at radius 2 is 1.97 bits per heavy atom. The van der Waals surface area contributed by atoms with Crippen molar-refractivity contribution in [1.29, 1.82) is 0 Å². The Bertz CT molecular complexity index is 1020. The number of carbonyl (C=O) groups is 1. The zero-order valence-electron chi connectivity index (χ0n) is 16.6. The first-order chi connectivity index (χ1) is 15.1. The highest BCUT2D eigenvalue weighted by atomic mass is 19.1. The minimum Gasteiger partial charge on any atom is -0.487 e. The predicted molar refractivity (Wildman–Crippen MR) is 106 cm³/mol. The van der Waals surface area contributed by atoms with Gasteiger partial charge in [0, 0.05) is 18.7 Å². The topological polar surface area (TPSA) is 110 Å². The van der Waals surface area contributed by atoms with E-state index >= 15 is 0 Å². The van der Waals surface area contributed by atoms with E-state index in [9.17, 15) is 14.3 Å². The molecule has 1 aliphatic heterocycles. The minimum atomic E-state index is -0.365. The van der Waals surface area contributed by atoms with E-state index in [1.165, 1.54) is 18.3 Å². The van der Waals surface area contributed by atoms with Crippen LogP contribution in [0.3, 0.4) is 0 Å². The molecule has 2 aromatic heterocycles. The number of aliphatic hydroxyl groups is 1. The van der Waals surface area contributed by atoms with Gasteiger partial charge in [-0.15, -0.1) is 0 Å². The van der Waals surface area contributed by atoms with E-state index < -0.39 is 0 Å².